The van der Waals surface area contributed by atoms with E-state index in [1.807, 2.05) is 0 Å². The number of hydrogen-bond acceptors (Lipinski definition) is 4. The highest BCUT2D eigenvalue weighted by Crippen LogP contribution is 2.19. The molecular formula is C12H24N2O2. The molecule has 0 saturated carbocycles. The summed E-state index contributed by atoms with van der Waals surface area (Å²) in [4.78, 5) is 2.55. The Morgan fingerprint density at radius 1 is 1.25 bits per heavy atom. The molecule has 0 aromatic heterocycles. The van der Waals surface area contributed by atoms with E-state index in [0.717, 1.165) is 45.9 Å². The van der Waals surface area contributed by atoms with Crippen LogP contribution in [0, 0.1) is 0 Å². The molecule has 2 saturated heterocycles. The Labute approximate surface area is 98.3 Å². The second-order valence-electron chi connectivity index (χ2n) is 4.76. The normalized spacial score (nSPS) is 37.5. The molecule has 16 heavy (non-hydrogen) atoms. The molecular weight excluding hydrogens is 204 g/mol. The molecule has 0 aromatic rings. The van der Waals surface area contributed by atoms with Gasteiger partial charge in [-0.25, -0.2) is 0 Å². The van der Waals surface area contributed by atoms with Crippen LogP contribution in [0.1, 0.15) is 20.3 Å². The predicted octanol–water partition coefficient (Wildman–Crippen LogP) is 0.474. The highest BCUT2D eigenvalue weighted by Gasteiger charge is 2.34. The molecule has 0 aromatic carbocycles. The van der Waals surface area contributed by atoms with Crippen LogP contribution in [0.5, 0.6) is 0 Å². The average Bonchev–Trinajstić information content (AvgIpc) is 2.31. The van der Waals surface area contributed by atoms with Crippen molar-refractivity contribution in [2.45, 2.75) is 38.4 Å². The zero-order chi connectivity index (χ0) is 11.4. The van der Waals surface area contributed by atoms with Crippen LogP contribution in [0.2, 0.25) is 0 Å². The molecule has 2 heterocycles. The van der Waals surface area contributed by atoms with Crippen LogP contribution >= 0.6 is 0 Å². The molecule has 2 aliphatic rings. The zero-order valence-electron chi connectivity index (χ0n) is 10.4. The molecule has 3 unspecified atom stereocenters. The molecule has 4 heteroatoms. The fourth-order valence-electron chi connectivity index (χ4n) is 2.78. The van der Waals surface area contributed by atoms with Crippen LogP contribution in [0.3, 0.4) is 0 Å². The van der Waals surface area contributed by atoms with E-state index in [1.165, 1.54) is 0 Å². The van der Waals surface area contributed by atoms with Crippen LogP contribution in [-0.2, 0) is 9.47 Å². The maximum absolute atomic E-state index is 5.64. The van der Waals surface area contributed by atoms with Gasteiger partial charge in [-0.15, -0.1) is 0 Å². The standard InChI is InChI=1S/C12H24N2O2/c1-3-13-11-4-6-15-9-12(11)14-5-7-16-8-10(14)2/h10-13H,3-9H2,1-2H3. The van der Waals surface area contributed by atoms with Crippen molar-refractivity contribution in [3.8, 4) is 0 Å². The van der Waals surface area contributed by atoms with Crippen molar-refractivity contribution < 1.29 is 9.47 Å². The van der Waals surface area contributed by atoms with Gasteiger partial charge in [-0.05, 0) is 19.9 Å². The summed E-state index contributed by atoms with van der Waals surface area (Å²) >= 11 is 0. The van der Waals surface area contributed by atoms with Crippen molar-refractivity contribution in [1.29, 1.82) is 0 Å². The van der Waals surface area contributed by atoms with Crippen LogP contribution in [0.15, 0.2) is 0 Å². The molecule has 0 bridgehead atoms. The summed E-state index contributed by atoms with van der Waals surface area (Å²) in [6.45, 7) is 9.98. The first-order valence-electron chi connectivity index (χ1n) is 6.47. The fourth-order valence-corrected chi connectivity index (χ4v) is 2.78. The molecule has 0 spiro atoms. The number of rotatable bonds is 3. The third-order valence-electron chi connectivity index (χ3n) is 3.64. The summed E-state index contributed by atoms with van der Waals surface area (Å²) in [6.07, 6.45) is 1.13. The molecule has 0 radical (unpaired) electrons. The van der Waals surface area contributed by atoms with Gasteiger partial charge in [0.05, 0.1) is 19.8 Å². The van der Waals surface area contributed by atoms with Gasteiger partial charge in [0, 0.05) is 31.3 Å². The van der Waals surface area contributed by atoms with E-state index in [4.69, 9.17) is 9.47 Å². The molecule has 2 fully saturated rings. The van der Waals surface area contributed by atoms with Gasteiger partial charge >= 0.3 is 0 Å². The Kier molecular flexibility index (Phi) is 4.58. The Balaban J connectivity index is 1.97. The van der Waals surface area contributed by atoms with Crippen molar-refractivity contribution in [2.75, 3.05) is 39.5 Å². The monoisotopic (exact) mass is 228 g/mol. The number of nitrogens with zero attached hydrogens (tertiary/aromatic N) is 1. The summed E-state index contributed by atoms with van der Waals surface area (Å²) < 4.78 is 11.1. The minimum atomic E-state index is 0.515. The summed E-state index contributed by atoms with van der Waals surface area (Å²) in [5.74, 6) is 0. The molecule has 3 atom stereocenters. The highest BCUT2D eigenvalue weighted by atomic mass is 16.5. The van der Waals surface area contributed by atoms with Crippen LogP contribution < -0.4 is 5.32 Å². The lowest BCUT2D eigenvalue weighted by Crippen LogP contribution is -2.60. The van der Waals surface area contributed by atoms with Gasteiger partial charge in [0.2, 0.25) is 0 Å². The largest absolute Gasteiger partial charge is 0.380 e. The van der Waals surface area contributed by atoms with Crippen LogP contribution in [0.4, 0.5) is 0 Å². The first-order valence-corrected chi connectivity index (χ1v) is 6.47. The summed E-state index contributed by atoms with van der Waals surface area (Å²) in [5, 5.41) is 3.59. The predicted molar refractivity (Wildman–Crippen MR) is 63.7 cm³/mol. The van der Waals surface area contributed by atoms with Gasteiger partial charge in [0.1, 0.15) is 0 Å². The number of likely N-dealkylation sites (N-methyl/N-ethyl adjacent to an activating group) is 1. The molecule has 4 nitrogen and oxygen atoms in total. The quantitative estimate of drug-likeness (QED) is 0.761. The molecule has 2 aliphatic heterocycles. The van der Waals surface area contributed by atoms with E-state index in [0.29, 0.717) is 18.1 Å². The smallest absolute Gasteiger partial charge is 0.0637 e. The fraction of sp³-hybridized carbons (Fsp3) is 1.00. The van der Waals surface area contributed by atoms with Crippen molar-refractivity contribution in [3.63, 3.8) is 0 Å². The van der Waals surface area contributed by atoms with E-state index in [1.54, 1.807) is 0 Å². The van der Waals surface area contributed by atoms with Crippen molar-refractivity contribution in [1.82, 2.24) is 10.2 Å². The van der Waals surface area contributed by atoms with E-state index in [2.05, 4.69) is 24.1 Å². The van der Waals surface area contributed by atoms with Crippen LogP contribution in [0.25, 0.3) is 0 Å². The lowest BCUT2D eigenvalue weighted by atomic mass is 9.99. The molecule has 2 rings (SSSR count). The second-order valence-corrected chi connectivity index (χ2v) is 4.76. The first kappa shape index (κ1) is 12.3. The number of ether oxygens (including phenoxy) is 2. The molecule has 0 amide bonds. The molecule has 94 valence electrons. The van der Waals surface area contributed by atoms with E-state index >= 15 is 0 Å². The van der Waals surface area contributed by atoms with Crippen molar-refractivity contribution in [3.05, 3.63) is 0 Å². The van der Waals surface area contributed by atoms with Gasteiger partial charge < -0.3 is 14.8 Å². The van der Waals surface area contributed by atoms with Crippen molar-refractivity contribution in [2.24, 2.45) is 0 Å². The molecule has 1 N–H and O–H groups in total. The summed E-state index contributed by atoms with van der Waals surface area (Å²) in [5.41, 5.74) is 0. The van der Waals surface area contributed by atoms with E-state index in [9.17, 15) is 0 Å². The van der Waals surface area contributed by atoms with Crippen LogP contribution in [-0.4, -0.2) is 62.5 Å². The lowest BCUT2D eigenvalue weighted by molar-refractivity contribution is -0.0704. The zero-order valence-corrected chi connectivity index (χ0v) is 10.4. The summed E-state index contributed by atoms with van der Waals surface area (Å²) in [6, 6.07) is 1.62. The van der Waals surface area contributed by atoms with Crippen molar-refractivity contribution >= 4 is 0 Å². The Bertz CT molecular complexity index is 211. The lowest BCUT2D eigenvalue weighted by Gasteiger charge is -2.44. The number of hydrogen-bond donors (Lipinski definition) is 1. The maximum Gasteiger partial charge on any atom is 0.0637 e. The topological polar surface area (TPSA) is 33.7 Å². The second kappa shape index (κ2) is 5.96. The minimum absolute atomic E-state index is 0.515. The summed E-state index contributed by atoms with van der Waals surface area (Å²) in [7, 11) is 0. The molecule has 0 aliphatic carbocycles. The van der Waals surface area contributed by atoms with Gasteiger partial charge in [0.25, 0.3) is 0 Å². The van der Waals surface area contributed by atoms with E-state index in [-0.39, 0.29) is 0 Å². The minimum Gasteiger partial charge on any atom is -0.380 e. The first-order chi connectivity index (χ1) is 7.83. The SMILES string of the molecule is CCNC1CCOCC1N1CCOCC1C. The van der Waals surface area contributed by atoms with Gasteiger partial charge in [-0.1, -0.05) is 6.92 Å². The third-order valence-corrected chi connectivity index (χ3v) is 3.64. The van der Waals surface area contributed by atoms with Gasteiger partial charge in [-0.3, -0.25) is 4.90 Å². The maximum atomic E-state index is 5.64. The third kappa shape index (κ3) is 2.74. The Hall–Kier alpha value is -0.160. The Morgan fingerprint density at radius 2 is 2.06 bits per heavy atom. The average molecular weight is 228 g/mol. The Morgan fingerprint density at radius 3 is 2.81 bits per heavy atom. The number of morpholine rings is 1. The highest BCUT2D eigenvalue weighted by molar-refractivity contribution is 4.90. The van der Waals surface area contributed by atoms with Gasteiger partial charge in [0.15, 0.2) is 0 Å². The number of nitrogens with one attached hydrogen (secondary N) is 1. The van der Waals surface area contributed by atoms with Gasteiger partial charge in [-0.2, -0.15) is 0 Å². The van der Waals surface area contributed by atoms with E-state index < -0.39 is 0 Å².